The highest BCUT2D eigenvalue weighted by atomic mass is 35.5. The highest BCUT2D eigenvalue weighted by Crippen LogP contribution is 2.31. The van der Waals surface area contributed by atoms with Crippen molar-refractivity contribution in [3.63, 3.8) is 0 Å². The number of carbonyl (C=O) groups excluding carboxylic acids is 2. The highest BCUT2D eigenvalue weighted by molar-refractivity contribution is 6.32. The Bertz CT molecular complexity index is 1220. The van der Waals surface area contributed by atoms with Gasteiger partial charge in [0, 0.05) is 18.0 Å². The molecule has 2 heterocycles. The maximum Gasteiger partial charge on any atom is 0.328 e. The molecule has 0 radical (unpaired) electrons. The third-order valence-electron chi connectivity index (χ3n) is 4.85. The number of aryl methyl sites for hydroxylation is 1. The number of anilines is 1. The molecule has 1 unspecified atom stereocenters. The highest BCUT2D eigenvalue weighted by Gasteiger charge is 2.31. The fourth-order valence-corrected chi connectivity index (χ4v) is 3.36. The van der Waals surface area contributed by atoms with Gasteiger partial charge in [-0.25, -0.2) is 14.6 Å². The number of ether oxygens (including phenoxy) is 1. The molecular formula is C23H19ClN6O3. The second-order valence-electron chi connectivity index (χ2n) is 7.31. The molecular weight excluding hydrogens is 444 g/mol. The predicted octanol–water partition coefficient (Wildman–Crippen LogP) is 4.34. The number of hydrogen-bond acceptors (Lipinski definition) is 6. The van der Waals surface area contributed by atoms with Crippen LogP contribution in [-0.2, 0) is 6.54 Å². The van der Waals surface area contributed by atoms with E-state index in [9.17, 15) is 9.59 Å². The van der Waals surface area contributed by atoms with Crippen LogP contribution in [0.4, 0.5) is 15.3 Å². The molecule has 33 heavy (non-hydrogen) atoms. The first kappa shape index (κ1) is 21.9. The van der Waals surface area contributed by atoms with E-state index >= 15 is 0 Å². The van der Waals surface area contributed by atoms with Gasteiger partial charge in [-0.2, -0.15) is 5.26 Å². The Morgan fingerprint density at radius 2 is 1.97 bits per heavy atom. The molecule has 0 aliphatic carbocycles. The second-order valence-corrected chi connectivity index (χ2v) is 7.72. The van der Waals surface area contributed by atoms with Crippen molar-refractivity contribution >= 4 is 29.4 Å². The molecule has 4 rings (SSSR count). The van der Waals surface area contributed by atoms with Gasteiger partial charge < -0.3 is 10.1 Å². The molecule has 1 atom stereocenters. The van der Waals surface area contributed by atoms with Crippen LogP contribution in [0.2, 0.25) is 5.02 Å². The number of urea groups is 2. The molecule has 10 heteroatoms. The minimum Gasteiger partial charge on any atom is -0.437 e. The fraction of sp³-hybridized carbons (Fsp3) is 0.130. The molecule has 0 bridgehead atoms. The van der Waals surface area contributed by atoms with Gasteiger partial charge in [-0.15, -0.1) is 0 Å². The van der Waals surface area contributed by atoms with E-state index in [1.807, 2.05) is 37.3 Å². The monoisotopic (exact) mass is 462 g/mol. The predicted molar refractivity (Wildman–Crippen MR) is 122 cm³/mol. The zero-order chi connectivity index (χ0) is 23.4. The van der Waals surface area contributed by atoms with Gasteiger partial charge in [-0.1, -0.05) is 41.4 Å². The lowest BCUT2D eigenvalue weighted by molar-refractivity contribution is 0.149. The Morgan fingerprint density at radius 1 is 1.18 bits per heavy atom. The van der Waals surface area contributed by atoms with Gasteiger partial charge in [0.05, 0.1) is 17.1 Å². The van der Waals surface area contributed by atoms with Crippen LogP contribution < -0.4 is 20.7 Å². The molecule has 3 N–H and O–H groups in total. The standard InChI is InChI=1S/C23H19ClN6O3/c1-14-2-4-15(5-3-14)13-30-21(28-22(31)29-23(30)32)27-17-7-8-19(18(24)10-17)33-20-9-6-16(11-25)12-26-20/h2-10,12,21,27H,13H2,1H3,(H2,28,29,31,32). The van der Waals surface area contributed by atoms with E-state index < -0.39 is 18.4 Å². The van der Waals surface area contributed by atoms with Crippen LogP contribution in [0, 0.1) is 18.3 Å². The summed E-state index contributed by atoms with van der Waals surface area (Å²) in [6, 6.07) is 16.8. The molecule has 1 aliphatic heterocycles. The van der Waals surface area contributed by atoms with E-state index in [0.29, 0.717) is 22.0 Å². The van der Waals surface area contributed by atoms with Crippen molar-refractivity contribution in [3.8, 4) is 17.7 Å². The zero-order valence-electron chi connectivity index (χ0n) is 17.5. The van der Waals surface area contributed by atoms with Gasteiger partial charge in [-0.05, 0) is 36.8 Å². The Morgan fingerprint density at radius 3 is 2.64 bits per heavy atom. The first-order valence-electron chi connectivity index (χ1n) is 9.95. The van der Waals surface area contributed by atoms with Gasteiger partial charge in [0.1, 0.15) is 11.8 Å². The summed E-state index contributed by atoms with van der Waals surface area (Å²) in [4.78, 5) is 29.9. The number of benzene rings is 2. The quantitative estimate of drug-likeness (QED) is 0.501. The number of carbonyl (C=O) groups is 2. The smallest absolute Gasteiger partial charge is 0.328 e. The van der Waals surface area contributed by atoms with E-state index in [2.05, 4.69) is 20.9 Å². The van der Waals surface area contributed by atoms with Gasteiger partial charge in [-0.3, -0.25) is 15.5 Å². The summed E-state index contributed by atoms with van der Waals surface area (Å²) in [5, 5.41) is 17.2. The second kappa shape index (κ2) is 9.46. The summed E-state index contributed by atoms with van der Waals surface area (Å²) in [5.41, 5.74) is 3.00. The van der Waals surface area contributed by atoms with Gasteiger partial charge in [0.15, 0.2) is 6.29 Å². The summed E-state index contributed by atoms with van der Waals surface area (Å²) in [5.74, 6) is 0.651. The van der Waals surface area contributed by atoms with Crippen LogP contribution in [0.3, 0.4) is 0 Å². The van der Waals surface area contributed by atoms with Crippen LogP contribution in [-0.4, -0.2) is 28.2 Å². The number of aromatic nitrogens is 1. The number of rotatable bonds is 6. The number of halogens is 1. The summed E-state index contributed by atoms with van der Waals surface area (Å²) in [7, 11) is 0. The normalized spacial score (nSPS) is 15.3. The summed E-state index contributed by atoms with van der Waals surface area (Å²) in [6.45, 7) is 2.26. The Hall–Kier alpha value is -4.29. The Balaban J connectivity index is 1.49. The van der Waals surface area contributed by atoms with Crippen LogP contribution in [0.1, 0.15) is 16.7 Å². The number of pyridine rings is 1. The maximum atomic E-state index is 12.5. The SMILES string of the molecule is Cc1ccc(CN2C(=O)NC(=O)NC2Nc2ccc(Oc3ccc(C#N)cn3)c(Cl)c2)cc1. The van der Waals surface area contributed by atoms with Gasteiger partial charge in [0.25, 0.3) is 0 Å². The molecule has 1 aromatic heterocycles. The zero-order valence-corrected chi connectivity index (χ0v) is 18.3. The van der Waals surface area contributed by atoms with Gasteiger partial charge >= 0.3 is 12.1 Å². The van der Waals surface area contributed by atoms with Crippen molar-refractivity contribution in [1.82, 2.24) is 20.5 Å². The maximum absolute atomic E-state index is 12.5. The van der Waals surface area contributed by atoms with E-state index in [0.717, 1.165) is 11.1 Å². The summed E-state index contributed by atoms with van der Waals surface area (Å²) >= 11 is 6.37. The molecule has 0 saturated carbocycles. The average molecular weight is 463 g/mol. The summed E-state index contributed by atoms with van der Waals surface area (Å²) in [6.07, 6.45) is 0.606. The Kier molecular flexibility index (Phi) is 6.29. The number of imide groups is 1. The van der Waals surface area contributed by atoms with Crippen LogP contribution >= 0.6 is 11.6 Å². The third-order valence-corrected chi connectivity index (χ3v) is 5.14. The van der Waals surface area contributed by atoms with Crippen LogP contribution in [0.5, 0.6) is 11.6 Å². The lowest BCUT2D eigenvalue weighted by Gasteiger charge is -2.36. The molecule has 2 aromatic carbocycles. The average Bonchev–Trinajstić information content (AvgIpc) is 2.79. The molecule has 1 saturated heterocycles. The minimum absolute atomic E-state index is 0.281. The largest absolute Gasteiger partial charge is 0.437 e. The van der Waals surface area contributed by atoms with Gasteiger partial charge in [0.2, 0.25) is 5.88 Å². The number of nitriles is 1. The lowest BCUT2D eigenvalue weighted by Crippen LogP contribution is -2.65. The minimum atomic E-state index is -0.796. The van der Waals surface area contributed by atoms with Crippen molar-refractivity contribution < 1.29 is 14.3 Å². The van der Waals surface area contributed by atoms with Crippen LogP contribution in [0.25, 0.3) is 0 Å². The number of hydrogen-bond donors (Lipinski definition) is 3. The third kappa shape index (κ3) is 5.31. The number of nitrogens with zero attached hydrogens (tertiary/aromatic N) is 3. The molecule has 4 amide bonds. The van der Waals surface area contributed by atoms with Crippen molar-refractivity contribution in [3.05, 3.63) is 82.5 Å². The van der Waals surface area contributed by atoms with Crippen molar-refractivity contribution in [2.45, 2.75) is 19.8 Å². The molecule has 1 aliphatic rings. The summed E-state index contributed by atoms with van der Waals surface area (Å²) < 4.78 is 5.67. The fourth-order valence-electron chi connectivity index (χ4n) is 3.14. The van der Waals surface area contributed by atoms with E-state index in [4.69, 9.17) is 21.6 Å². The molecule has 166 valence electrons. The van der Waals surface area contributed by atoms with Crippen LogP contribution in [0.15, 0.2) is 60.8 Å². The molecule has 3 aromatic rings. The topological polar surface area (TPSA) is 119 Å². The Labute approximate surface area is 194 Å². The van der Waals surface area contributed by atoms with Crippen molar-refractivity contribution in [1.29, 1.82) is 5.26 Å². The number of nitrogens with one attached hydrogen (secondary N) is 3. The number of amides is 4. The van der Waals surface area contributed by atoms with Crippen molar-refractivity contribution in [2.24, 2.45) is 0 Å². The lowest BCUT2D eigenvalue weighted by atomic mass is 10.1. The first-order valence-corrected chi connectivity index (χ1v) is 10.3. The molecule has 1 fully saturated rings. The first-order chi connectivity index (χ1) is 15.9. The van der Waals surface area contributed by atoms with E-state index in [1.165, 1.54) is 11.1 Å². The molecule has 9 nitrogen and oxygen atoms in total. The van der Waals surface area contributed by atoms with Crippen molar-refractivity contribution in [2.75, 3.05) is 5.32 Å². The molecule has 0 spiro atoms. The van der Waals surface area contributed by atoms with E-state index in [-0.39, 0.29) is 12.4 Å². The van der Waals surface area contributed by atoms with E-state index in [1.54, 1.807) is 30.3 Å².